The first kappa shape index (κ1) is 12.3. The molecule has 2 N–H and O–H groups in total. The second-order valence-electron chi connectivity index (χ2n) is 4.46. The molecule has 0 spiro atoms. The van der Waals surface area contributed by atoms with Crippen molar-refractivity contribution in [3.63, 3.8) is 0 Å². The van der Waals surface area contributed by atoms with Crippen LogP contribution in [0.4, 0.5) is 5.69 Å². The van der Waals surface area contributed by atoms with Crippen LogP contribution < -0.4 is 16.0 Å². The number of nitrogens with two attached hydrogens (primary N) is 1. The molecule has 6 heteroatoms. The zero-order valence-electron chi connectivity index (χ0n) is 11.0. The minimum absolute atomic E-state index is 0.0936. The fourth-order valence-electron chi connectivity index (χ4n) is 2.16. The smallest absolute Gasteiger partial charge is 0.276 e. The summed E-state index contributed by atoms with van der Waals surface area (Å²) in [7, 11) is 1.58. The summed E-state index contributed by atoms with van der Waals surface area (Å²) >= 11 is 0. The van der Waals surface area contributed by atoms with Crippen molar-refractivity contribution < 1.29 is 4.74 Å². The monoisotopic (exact) mass is 270 g/mol. The molecule has 102 valence electrons. The molecule has 20 heavy (non-hydrogen) atoms. The van der Waals surface area contributed by atoms with Gasteiger partial charge in [0.15, 0.2) is 0 Å². The van der Waals surface area contributed by atoms with Gasteiger partial charge in [0.1, 0.15) is 11.3 Å². The van der Waals surface area contributed by atoms with Gasteiger partial charge in [0.25, 0.3) is 5.56 Å². The Morgan fingerprint density at radius 2 is 2.15 bits per heavy atom. The van der Waals surface area contributed by atoms with Crippen LogP contribution in [0.3, 0.4) is 0 Å². The van der Waals surface area contributed by atoms with Gasteiger partial charge in [-0.25, -0.2) is 4.52 Å². The summed E-state index contributed by atoms with van der Waals surface area (Å²) < 4.78 is 8.47. The van der Waals surface area contributed by atoms with E-state index in [-0.39, 0.29) is 5.56 Å². The Hall–Kier alpha value is -2.76. The highest BCUT2D eigenvalue weighted by atomic mass is 16.5. The van der Waals surface area contributed by atoms with Crippen LogP contribution in [0, 0.1) is 0 Å². The molecule has 0 saturated carbocycles. The van der Waals surface area contributed by atoms with E-state index in [0.29, 0.717) is 23.5 Å². The van der Waals surface area contributed by atoms with E-state index in [2.05, 4.69) is 5.10 Å². The molecule has 0 aliphatic heterocycles. The van der Waals surface area contributed by atoms with Crippen molar-refractivity contribution >= 4 is 11.2 Å². The summed E-state index contributed by atoms with van der Waals surface area (Å²) in [5.41, 5.74) is 7.70. The SMILES string of the molecule is COc1cc(N)ccc1Cn1ccn2nccc2c1=O. The van der Waals surface area contributed by atoms with Crippen molar-refractivity contribution in [1.29, 1.82) is 0 Å². The van der Waals surface area contributed by atoms with Crippen molar-refractivity contribution in [2.75, 3.05) is 12.8 Å². The normalized spacial score (nSPS) is 10.8. The maximum absolute atomic E-state index is 12.3. The largest absolute Gasteiger partial charge is 0.496 e. The standard InChI is InChI=1S/C14H14N4O2/c1-20-13-8-11(15)3-2-10(13)9-17-6-7-18-12(14(17)19)4-5-16-18/h2-8H,9,15H2,1H3. The molecule has 0 aliphatic carbocycles. The average molecular weight is 270 g/mol. The van der Waals surface area contributed by atoms with Gasteiger partial charge in [-0.1, -0.05) is 6.07 Å². The summed E-state index contributed by atoms with van der Waals surface area (Å²) in [6.07, 6.45) is 5.06. The number of nitrogens with zero attached hydrogens (tertiary/aromatic N) is 3. The zero-order valence-corrected chi connectivity index (χ0v) is 11.0. The molecule has 0 fully saturated rings. The third-order valence-electron chi connectivity index (χ3n) is 3.19. The van der Waals surface area contributed by atoms with Crippen LogP contribution in [0.15, 0.2) is 47.7 Å². The molecule has 3 aromatic rings. The molecule has 0 atom stereocenters. The van der Waals surface area contributed by atoms with Crippen LogP contribution in [0.2, 0.25) is 0 Å². The Kier molecular flexibility index (Phi) is 2.90. The van der Waals surface area contributed by atoms with E-state index in [4.69, 9.17) is 10.5 Å². The van der Waals surface area contributed by atoms with Crippen LogP contribution in [0.25, 0.3) is 5.52 Å². The van der Waals surface area contributed by atoms with Gasteiger partial charge in [-0.05, 0) is 12.1 Å². The highest BCUT2D eigenvalue weighted by Gasteiger charge is 2.08. The number of methoxy groups -OCH3 is 1. The lowest BCUT2D eigenvalue weighted by atomic mass is 10.2. The highest BCUT2D eigenvalue weighted by Crippen LogP contribution is 2.21. The van der Waals surface area contributed by atoms with Crippen molar-refractivity contribution in [1.82, 2.24) is 14.2 Å². The topological polar surface area (TPSA) is 74.6 Å². The lowest BCUT2D eigenvalue weighted by Gasteiger charge is -2.11. The van der Waals surface area contributed by atoms with Gasteiger partial charge in [-0.3, -0.25) is 4.79 Å². The van der Waals surface area contributed by atoms with Gasteiger partial charge in [0, 0.05) is 29.7 Å². The zero-order chi connectivity index (χ0) is 14.1. The van der Waals surface area contributed by atoms with Crippen LogP contribution >= 0.6 is 0 Å². The van der Waals surface area contributed by atoms with Gasteiger partial charge in [0.05, 0.1) is 19.9 Å². The maximum atomic E-state index is 12.3. The minimum Gasteiger partial charge on any atom is -0.496 e. The number of hydrogen-bond donors (Lipinski definition) is 1. The molecule has 0 unspecified atom stereocenters. The second kappa shape index (κ2) is 4.73. The maximum Gasteiger partial charge on any atom is 0.276 e. The third-order valence-corrected chi connectivity index (χ3v) is 3.19. The van der Waals surface area contributed by atoms with E-state index < -0.39 is 0 Å². The number of hydrogen-bond acceptors (Lipinski definition) is 4. The predicted molar refractivity (Wildman–Crippen MR) is 76.0 cm³/mol. The molecule has 0 radical (unpaired) electrons. The third kappa shape index (κ3) is 2.01. The van der Waals surface area contributed by atoms with Crippen molar-refractivity contribution in [3.05, 3.63) is 58.8 Å². The number of rotatable bonds is 3. The summed E-state index contributed by atoms with van der Waals surface area (Å²) in [4.78, 5) is 12.3. The van der Waals surface area contributed by atoms with E-state index in [1.165, 1.54) is 0 Å². The molecule has 2 heterocycles. The van der Waals surface area contributed by atoms with E-state index in [0.717, 1.165) is 5.56 Å². The Labute approximate surface area is 115 Å². The van der Waals surface area contributed by atoms with Crippen molar-refractivity contribution in [3.8, 4) is 5.75 Å². The molecule has 0 bridgehead atoms. The molecular weight excluding hydrogens is 256 g/mol. The summed E-state index contributed by atoms with van der Waals surface area (Å²) in [6, 6.07) is 7.10. The number of aromatic nitrogens is 3. The molecule has 1 aromatic carbocycles. The van der Waals surface area contributed by atoms with Gasteiger partial charge in [-0.15, -0.1) is 0 Å². The molecule has 0 saturated heterocycles. The van der Waals surface area contributed by atoms with Gasteiger partial charge in [-0.2, -0.15) is 5.10 Å². The number of anilines is 1. The van der Waals surface area contributed by atoms with Crippen molar-refractivity contribution in [2.24, 2.45) is 0 Å². The number of benzene rings is 1. The molecule has 6 nitrogen and oxygen atoms in total. The summed E-state index contributed by atoms with van der Waals surface area (Å²) in [6.45, 7) is 0.421. The number of nitrogen functional groups attached to an aromatic ring is 1. The first-order chi connectivity index (χ1) is 9.69. The second-order valence-corrected chi connectivity index (χ2v) is 4.46. The van der Waals surface area contributed by atoms with Crippen LogP contribution in [-0.4, -0.2) is 21.3 Å². The van der Waals surface area contributed by atoms with Gasteiger partial charge in [0.2, 0.25) is 0 Å². The van der Waals surface area contributed by atoms with E-state index >= 15 is 0 Å². The fourth-order valence-corrected chi connectivity index (χ4v) is 2.16. The lowest BCUT2D eigenvalue weighted by Crippen LogP contribution is -2.22. The Morgan fingerprint density at radius 1 is 1.30 bits per heavy atom. The van der Waals surface area contributed by atoms with E-state index in [1.54, 1.807) is 53.0 Å². The molecule has 3 rings (SSSR count). The lowest BCUT2D eigenvalue weighted by molar-refractivity contribution is 0.408. The van der Waals surface area contributed by atoms with E-state index in [1.807, 2.05) is 6.07 Å². The van der Waals surface area contributed by atoms with Crippen LogP contribution in [0.5, 0.6) is 5.75 Å². The van der Waals surface area contributed by atoms with Crippen LogP contribution in [-0.2, 0) is 6.54 Å². The molecule has 2 aromatic heterocycles. The van der Waals surface area contributed by atoms with Gasteiger partial charge >= 0.3 is 0 Å². The van der Waals surface area contributed by atoms with Gasteiger partial charge < -0.3 is 15.0 Å². The predicted octanol–water partition coefficient (Wildman–Crippen LogP) is 1.14. The molecular formula is C14H14N4O2. The first-order valence-corrected chi connectivity index (χ1v) is 6.14. The molecule has 0 amide bonds. The van der Waals surface area contributed by atoms with Crippen LogP contribution in [0.1, 0.15) is 5.56 Å². The number of fused-ring (bicyclic) bond motifs is 1. The Balaban J connectivity index is 2.05. The first-order valence-electron chi connectivity index (χ1n) is 6.14. The number of ether oxygens (including phenoxy) is 1. The van der Waals surface area contributed by atoms with Crippen molar-refractivity contribution in [2.45, 2.75) is 6.54 Å². The highest BCUT2D eigenvalue weighted by molar-refractivity contribution is 5.49. The van der Waals surface area contributed by atoms with E-state index in [9.17, 15) is 4.79 Å². The minimum atomic E-state index is -0.0936. The molecule has 0 aliphatic rings. The quantitative estimate of drug-likeness (QED) is 0.724. The fraction of sp³-hybridized carbons (Fsp3) is 0.143. The Bertz CT molecular complexity index is 819. The summed E-state index contributed by atoms with van der Waals surface area (Å²) in [5, 5.41) is 4.04. The average Bonchev–Trinajstić information content (AvgIpc) is 2.93. The Morgan fingerprint density at radius 3 is 2.95 bits per heavy atom. The summed E-state index contributed by atoms with van der Waals surface area (Å²) in [5.74, 6) is 0.672.